The zero-order valence-electron chi connectivity index (χ0n) is 8.47. The fourth-order valence-electron chi connectivity index (χ4n) is 1.40. The molecule has 0 bridgehead atoms. The number of hydrogen-bond acceptors (Lipinski definition) is 4. The Kier molecular flexibility index (Phi) is 3.79. The monoisotopic (exact) mass is 318 g/mol. The number of hydrogen-bond donors (Lipinski definition) is 1. The minimum absolute atomic E-state index is 0.368. The van der Waals surface area contributed by atoms with Crippen LogP contribution in [0, 0.1) is 0 Å². The molecule has 1 N–H and O–H groups in total. The fourth-order valence-corrected chi connectivity index (χ4v) is 2.20. The third-order valence-electron chi connectivity index (χ3n) is 2.17. The van der Waals surface area contributed by atoms with Gasteiger partial charge in [0.2, 0.25) is 0 Å². The van der Waals surface area contributed by atoms with Crippen LogP contribution in [-0.2, 0) is 9.09 Å². The fraction of sp³-hybridized carbons (Fsp3) is 0.100. The molecule has 2 rings (SSSR count). The summed E-state index contributed by atoms with van der Waals surface area (Å²) in [6, 6.07) is 5.04. The molecule has 5 nitrogen and oxygen atoms in total. The molecule has 0 amide bonds. The van der Waals surface area contributed by atoms with E-state index in [-0.39, 0.29) is 5.78 Å². The summed E-state index contributed by atoms with van der Waals surface area (Å²) in [6.07, 6.45) is 1.52. The van der Waals surface area contributed by atoms with Crippen molar-refractivity contribution in [3.63, 3.8) is 0 Å². The van der Waals surface area contributed by atoms with E-state index in [2.05, 4.69) is 20.5 Å². The molecule has 1 atom stereocenters. The average Bonchev–Trinajstić information content (AvgIpc) is 2.71. The van der Waals surface area contributed by atoms with Gasteiger partial charge in [0.05, 0.1) is 6.26 Å². The van der Waals surface area contributed by atoms with Crippen LogP contribution >= 0.6 is 24.2 Å². The highest BCUT2D eigenvalue weighted by Gasteiger charge is 2.13. The summed E-state index contributed by atoms with van der Waals surface area (Å²) in [5, 5.41) is 0.785. The van der Waals surface area contributed by atoms with E-state index >= 15 is 0 Å². The highest BCUT2D eigenvalue weighted by molar-refractivity contribution is 9.10. The third-order valence-corrected chi connectivity index (χ3v) is 3.22. The lowest BCUT2D eigenvalue weighted by atomic mass is 10.1. The molecule has 0 saturated carbocycles. The van der Waals surface area contributed by atoms with Crippen molar-refractivity contribution in [2.75, 3.05) is 6.61 Å². The SMILES string of the molecule is O=C(CO[PH](=O)O)c1cc2ccoc2cc1Br. The van der Waals surface area contributed by atoms with Gasteiger partial charge in [0.25, 0.3) is 0 Å². The molecule has 0 aliphatic carbocycles. The van der Waals surface area contributed by atoms with Gasteiger partial charge in [-0.15, -0.1) is 0 Å². The number of halogens is 1. The second kappa shape index (κ2) is 5.14. The third kappa shape index (κ3) is 2.84. The lowest BCUT2D eigenvalue weighted by molar-refractivity contribution is 0.0916. The van der Waals surface area contributed by atoms with Gasteiger partial charge < -0.3 is 13.8 Å². The van der Waals surface area contributed by atoms with Crippen molar-refractivity contribution >= 4 is 40.9 Å². The summed E-state index contributed by atoms with van der Waals surface area (Å²) in [6.45, 7) is -0.420. The van der Waals surface area contributed by atoms with Crippen molar-refractivity contribution in [1.29, 1.82) is 0 Å². The smallest absolute Gasteiger partial charge is 0.317 e. The molecular formula is C10H8BrO5P. The molecule has 0 saturated heterocycles. The Morgan fingerprint density at radius 2 is 2.29 bits per heavy atom. The normalized spacial score (nSPS) is 12.8. The average molecular weight is 319 g/mol. The molecule has 1 unspecified atom stereocenters. The van der Waals surface area contributed by atoms with E-state index in [0.717, 1.165) is 5.39 Å². The molecule has 7 heteroatoms. The molecule has 1 aromatic heterocycles. The molecule has 2 aromatic rings. The lowest BCUT2D eigenvalue weighted by Crippen LogP contribution is -2.06. The van der Waals surface area contributed by atoms with Crippen molar-refractivity contribution in [1.82, 2.24) is 0 Å². The van der Waals surface area contributed by atoms with E-state index < -0.39 is 14.9 Å². The predicted octanol–water partition coefficient (Wildman–Crippen LogP) is 2.78. The van der Waals surface area contributed by atoms with E-state index in [0.29, 0.717) is 15.6 Å². The summed E-state index contributed by atoms with van der Waals surface area (Å²) in [4.78, 5) is 20.2. The second-order valence-electron chi connectivity index (χ2n) is 3.27. The minimum Gasteiger partial charge on any atom is -0.464 e. The van der Waals surface area contributed by atoms with Gasteiger partial charge in [-0.25, -0.2) is 0 Å². The number of benzene rings is 1. The quantitative estimate of drug-likeness (QED) is 0.693. The van der Waals surface area contributed by atoms with E-state index in [1.54, 1.807) is 18.2 Å². The van der Waals surface area contributed by atoms with E-state index in [1.807, 2.05) is 0 Å². The zero-order valence-corrected chi connectivity index (χ0v) is 11.1. The Morgan fingerprint density at radius 3 is 3.00 bits per heavy atom. The Hall–Kier alpha value is -0.940. The highest BCUT2D eigenvalue weighted by Crippen LogP contribution is 2.26. The molecule has 0 aliphatic heterocycles. The molecule has 1 aromatic carbocycles. The second-order valence-corrected chi connectivity index (χ2v) is 4.94. The van der Waals surface area contributed by atoms with Crippen LogP contribution in [0.3, 0.4) is 0 Å². The van der Waals surface area contributed by atoms with E-state index in [9.17, 15) is 9.36 Å². The van der Waals surface area contributed by atoms with Crippen molar-refractivity contribution in [2.24, 2.45) is 0 Å². The number of carbonyl (C=O) groups excluding carboxylic acids is 1. The van der Waals surface area contributed by atoms with E-state index in [4.69, 9.17) is 9.31 Å². The van der Waals surface area contributed by atoms with Gasteiger partial charge in [-0.1, -0.05) is 0 Å². The Bertz CT molecular complexity index is 591. The molecule has 1 heterocycles. The summed E-state index contributed by atoms with van der Waals surface area (Å²) in [7, 11) is -3.09. The predicted molar refractivity (Wildman–Crippen MR) is 65.4 cm³/mol. The summed E-state index contributed by atoms with van der Waals surface area (Å²) in [5.74, 6) is -0.368. The van der Waals surface area contributed by atoms with Crippen molar-refractivity contribution in [3.8, 4) is 0 Å². The summed E-state index contributed by atoms with van der Waals surface area (Å²) in [5.41, 5.74) is 1.05. The van der Waals surface area contributed by atoms with Gasteiger partial charge in [-0.05, 0) is 34.1 Å². The van der Waals surface area contributed by atoms with Crippen LogP contribution in [0.1, 0.15) is 10.4 Å². The standard InChI is InChI=1S/C10H8BrO5P/c11-8-4-10-6(1-2-15-10)3-7(8)9(12)5-16-17(13)14/h1-4,17H,5H2,(H,13,14). The first kappa shape index (κ1) is 12.5. The number of furan rings is 1. The van der Waals surface area contributed by atoms with Crippen molar-refractivity contribution < 1.29 is 23.2 Å². The van der Waals surface area contributed by atoms with Crippen LogP contribution in [0.25, 0.3) is 11.0 Å². The van der Waals surface area contributed by atoms with Crippen molar-refractivity contribution in [2.45, 2.75) is 0 Å². The molecular weight excluding hydrogens is 311 g/mol. The Morgan fingerprint density at radius 1 is 1.53 bits per heavy atom. The number of carbonyl (C=O) groups is 1. The van der Waals surface area contributed by atoms with Gasteiger partial charge in [-0.3, -0.25) is 9.36 Å². The highest BCUT2D eigenvalue weighted by atomic mass is 79.9. The van der Waals surface area contributed by atoms with E-state index in [1.165, 1.54) is 6.26 Å². The van der Waals surface area contributed by atoms with Crippen LogP contribution in [-0.4, -0.2) is 17.3 Å². The minimum atomic E-state index is -3.09. The van der Waals surface area contributed by atoms with Crippen LogP contribution < -0.4 is 0 Å². The lowest BCUT2D eigenvalue weighted by Gasteiger charge is -2.03. The van der Waals surface area contributed by atoms with Gasteiger partial charge in [0.1, 0.15) is 12.2 Å². The topological polar surface area (TPSA) is 76.7 Å². The zero-order chi connectivity index (χ0) is 12.4. The van der Waals surface area contributed by atoms with Crippen LogP contribution in [0.5, 0.6) is 0 Å². The van der Waals surface area contributed by atoms with Gasteiger partial charge in [0, 0.05) is 15.4 Å². The molecule has 90 valence electrons. The van der Waals surface area contributed by atoms with Crippen molar-refractivity contribution in [3.05, 3.63) is 34.5 Å². The molecule has 0 radical (unpaired) electrons. The number of ketones is 1. The maximum Gasteiger partial charge on any atom is 0.317 e. The Labute approximate surface area is 105 Å². The maximum absolute atomic E-state index is 11.7. The van der Waals surface area contributed by atoms with Crippen LogP contribution in [0.2, 0.25) is 0 Å². The first-order valence-corrected chi connectivity index (χ1v) is 6.69. The number of fused-ring (bicyclic) bond motifs is 1. The first-order valence-electron chi connectivity index (χ1n) is 4.63. The van der Waals surface area contributed by atoms with Gasteiger partial charge >= 0.3 is 8.25 Å². The number of Topliss-reactive ketones (excluding diaryl/α,β-unsaturated/α-hetero) is 1. The van der Waals surface area contributed by atoms with Crippen LogP contribution in [0.4, 0.5) is 0 Å². The molecule has 17 heavy (non-hydrogen) atoms. The summed E-state index contributed by atoms with van der Waals surface area (Å²) < 4.78 is 20.5. The summed E-state index contributed by atoms with van der Waals surface area (Å²) >= 11 is 3.24. The largest absolute Gasteiger partial charge is 0.464 e. The number of rotatable bonds is 4. The molecule has 0 spiro atoms. The Balaban J connectivity index is 2.30. The maximum atomic E-state index is 11.7. The van der Waals surface area contributed by atoms with Gasteiger partial charge in [0.15, 0.2) is 5.78 Å². The molecule has 0 fully saturated rings. The van der Waals surface area contributed by atoms with Crippen LogP contribution in [0.15, 0.2) is 33.4 Å². The first-order chi connectivity index (χ1) is 8.08. The molecule has 0 aliphatic rings. The van der Waals surface area contributed by atoms with Gasteiger partial charge in [-0.2, -0.15) is 0 Å².